The van der Waals surface area contributed by atoms with Crippen LogP contribution in [-0.2, 0) is 0 Å². The van der Waals surface area contributed by atoms with Crippen LogP contribution in [-0.4, -0.2) is 23.7 Å². The number of aliphatic hydroxyl groups excluding tert-OH is 1. The number of halogens is 1. The molecule has 1 aromatic carbocycles. The second-order valence-electron chi connectivity index (χ2n) is 4.31. The molecular weight excluding hydrogens is 235 g/mol. The maximum Gasteiger partial charge on any atom is 0.254 e. The number of benzene rings is 1. The molecule has 4 N–H and O–H groups in total. The fourth-order valence-corrected chi connectivity index (χ4v) is 1.61. The summed E-state index contributed by atoms with van der Waals surface area (Å²) in [5.41, 5.74) is 6.22. The molecule has 0 aliphatic heterocycles. The Morgan fingerprint density at radius 2 is 2.22 bits per heavy atom. The van der Waals surface area contributed by atoms with Crippen LogP contribution in [0.5, 0.6) is 0 Å². The summed E-state index contributed by atoms with van der Waals surface area (Å²) in [7, 11) is 0. The van der Waals surface area contributed by atoms with Crippen molar-refractivity contribution in [2.24, 2.45) is 0 Å². The van der Waals surface area contributed by atoms with Crippen molar-refractivity contribution in [1.82, 2.24) is 5.32 Å². The summed E-state index contributed by atoms with van der Waals surface area (Å²) in [6, 6.07) is 2.79. The zero-order valence-corrected chi connectivity index (χ0v) is 10.7. The molecule has 5 heteroatoms. The highest BCUT2D eigenvalue weighted by atomic mass is 19.1. The SMILES string of the molecule is CCC(O)CCNC(=O)c1cc(N)cc(C)c1F. The molecule has 1 amide bonds. The van der Waals surface area contributed by atoms with E-state index in [4.69, 9.17) is 5.73 Å². The molecular formula is C13H19FN2O2. The van der Waals surface area contributed by atoms with Crippen molar-refractivity contribution < 1.29 is 14.3 Å². The van der Waals surface area contributed by atoms with Crippen molar-refractivity contribution in [3.8, 4) is 0 Å². The minimum absolute atomic E-state index is 0.0570. The lowest BCUT2D eigenvalue weighted by atomic mass is 10.1. The molecule has 0 aliphatic carbocycles. The van der Waals surface area contributed by atoms with E-state index < -0.39 is 17.8 Å². The summed E-state index contributed by atoms with van der Waals surface area (Å²) in [4.78, 5) is 11.8. The maximum atomic E-state index is 13.7. The van der Waals surface area contributed by atoms with Crippen LogP contribution in [0.4, 0.5) is 10.1 Å². The molecule has 0 radical (unpaired) electrons. The summed E-state index contributed by atoms with van der Waals surface area (Å²) in [6.07, 6.45) is 0.630. The number of hydrogen-bond acceptors (Lipinski definition) is 3. The summed E-state index contributed by atoms with van der Waals surface area (Å²) < 4.78 is 13.7. The van der Waals surface area contributed by atoms with E-state index in [0.717, 1.165) is 0 Å². The van der Waals surface area contributed by atoms with Crippen molar-refractivity contribution in [1.29, 1.82) is 0 Å². The van der Waals surface area contributed by atoms with Gasteiger partial charge in [0, 0.05) is 12.2 Å². The molecule has 1 atom stereocenters. The van der Waals surface area contributed by atoms with Gasteiger partial charge in [-0.25, -0.2) is 4.39 Å². The predicted molar refractivity (Wildman–Crippen MR) is 68.8 cm³/mol. The average molecular weight is 254 g/mol. The topological polar surface area (TPSA) is 75.3 Å². The Labute approximate surface area is 106 Å². The first-order chi connectivity index (χ1) is 8.45. The minimum atomic E-state index is -0.558. The number of hydrogen-bond donors (Lipinski definition) is 3. The van der Waals surface area contributed by atoms with Gasteiger partial charge in [-0.15, -0.1) is 0 Å². The largest absolute Gasteiger partial charge is 0.399 e. The van der Waals surface area contributed by atoms with E-state index in [9.17, 15) is 14.3 Å². The Morgan fingerprint density at radius 3 is 2.83 bits per heavy atom. The van der Waals surface area contributed by atoms with Gasteiger partial charge in [-0.05, 0) is 37.5 Å². The Balaban J connectivity index is 2.67. The van der Waals surface area contributed by atoms with E-state index in [-0.39, 0.29) is 5.56 Å². The standard InChI is InChI=1S/C13H19FN2O2/c1-3-10(17)4-5-16-13(18)11-7-9(15)6-8(2)12(11)14/h6-7,10,17H,3-5,15H2,1-2H3,(H,16,18). The van der Waals surface area contributed by atoms with Crippen molar-refractivity contribution in [3.05, 3.63) is 29.1 Å². The Hall–Kier alpha value is -1.62. The third-order valence-electron chi connectivity index (χ3n) is 2.76. The fourth-order valence-electron chi connectivity index (χ4n) is 1.61. The smallest absolute Gasteiger partial charge is 0.254 e. The zero-order chi connectivity index (χ0) is 13.7. The number of aryl methyl sites for hydroxylation is 1. The van der Waals surface area contributed by atoms with Gasteiger partial charge >= 0.3 is 0 Å². The quantitative estimate of drug-likeness (QED) is 0.699. The van der Waals surface area contributed by atoms with Gasteiger partial charge in [-0.3, -0.25) is 4.79 Å². The van der Waals surface area contributed by atoms with Crippen LogP contribution in [0, 0.1) is 12.7 Å². The molecule has 1 aromatic rings. The number of nitrogen functional groups attached to an aromatic ring is 1. The minimum Gasteiger partial charge on any atom is -0.399 e. The summed E-state index contributed by atoms with van der Waals surface area (Å²) in [5.74, 6) is -1.07. The molecule has 0 fully saturated rings. The molecule has 0 spiro atoms. The molecule has 4 nitrogen and oxygen atoms in total. The molecule has 1 unspecified atom stereocenters. The Bertz CT molecular complexity index is 435. The molecule has 100 valence electrons. The first kappa shape index (κ1) is 14.4. The van der Waals surface area contributed by atoms with Gasteiger partial charge in [0.2, 0.25) is 0 Å². The monoisotopic (exact) mass is 254 g/mol. The van der Waals surface area contributed by atoms with Gasteiger partial charge in [0.05, 0.1) is 11.7 Å². The number of nitrogens with two attached hydrogens (primary N) is 1. The fraction of sp³-hybridized carbons (Fsp3) is 0.462. The second kappa shape index (κ2) is 6.35. The van der Waals surface area contributed by atoms with Crippen molar-refractivity contribution >= 4 is 11.6 Å². The van der Waals surface area contributed by atoms with Gasteiger partial charge in [-0.1, -0.05) is 6.92 Å². The third-order valence-corrected chi connectivity index (χ3v) is 2.76. The highest BCUT2D eigenvalue weighted by molar-refractivity contribution is 5.95. The number of anilines is 1. The second-order valence-corrected chi connectivity index (χ2v) is 4.31. The molecule has 0 aliphatic rings. The summed E-state index contributed by atoms with van der Waals surface area (Å²) >= 11 is 0. The van der Waals surface area contributed by atoms with Crippen LogP contribution in [0.1, 0.15) is 35.7 Å². The van der Waals surface area contributed by atoms with Crippen LogP contribution in [0.15, 0.2) is 12.1 Å². The van der Waals surface area contributed by atoms with Gasteiger partial charge < -0.3 is 16.2 Å². The normalized spacial score (nSPS) is 12.2. The summed E-state index contributed by atoms with van der Waals surface area (Å²) in [6.45, 7) is 3.72. The molecule has 0 saturated carbocycles. The highest BCUT2D eigenvalue weighted by Gasteiger charge is 2.14. The van der Waals surface area contributed by atoms with Gasteiger partial charge in [0.15, 0.2) is 0 Å². The number of carbonyl (C=O) groups is 1. The molecule has 0 bridgehead atoms. The van der Waals surface area contributed by atoms with Crippen molar-refractivity contribution in [2.45, 2.75) is 32.8 Å². The van der Waals surface area contributed by atoms with Gasteiger partial charge in [-0.2, -0.15) is 0 Å². The molecule has 0 aromatic heterocycles. The molecule has 18 heavy (non-hydrogen) atoms. The Morgan fingerprint density at radius 1 is 1.56 bits per heavy atom. The number of aliphatic hydroxyl groups is 1. The molecule has 0 heterocycles. The van der Waals surface area contributed by atoms with E-state index >= 15 is 0 Å². The van der Waals surface area contributed by atoms with Crippen molar-refractivity contribution in [3.63, 3.8) is 0 Å². The van der Waals surface area contributed by atoms with Crippen LogP contribution in [0.3, 0.4) is 0 Å². The number of nitrogens with one attached hydrogen (secondary N) is 1. The lowest BCUT2D eigenvalue weighted by molar-refractivity contribution is 0.0938. The van der Waals surface area contributed by atoms with E-state index in [1.54, 1.807) is 6.92 Å². The summed E-state index contributed by atoms with van der Waals surface area (Å²) in [5, 5.41) is 11.9. The highest BCUT2D eigenvalue weighted by Crippen LogP contribution is 2.16. The van der Waals surface area contributed by atoms with Crippen LogP contribution in [0.25, 0.3) is 0 Å². The van der Waals surface area contributed by atoms with E-state index in [0.29, 0.717) is 30.6 Å². The Kier molecular flexibility index (Phi) is 5.09. The lowest BCUT2D eigenvalue weighted by Crippen LogP contribution is -2.28. The van der Waals surface area contributed by atoms with Gasteiger partial charge in [0.25, 0.3) is 5.91 Å². The van der Waals surface area contributed by atoms with Crippen molar-refractivity contribution in [2.75, 3.05) is 12.3 Å². The predicted octanol–water partition coefficient (Wildman–Crippen LogP) is 1.61. The zero-order valence-electron chi connectivity index (χ0n) is 10.7. The van der Waals surface area contributed by atoms with Gasteiger partial charge in [0.1, 0.15) is 5.82 Å². The maximum absolute atomic E-state index is 13.7. The van der Waals surface area contributed by atoms with E-state index in [1.165, 1.54) is 12.1 Å². The third kappa shape index (κ3) is 3.70. The van der Waals surface area contributed by atoms with Crippen LogP contribution in [0.2, 0.25) is 0 Å². The van der Waals surface area contributed by atoms with Crippen LogP contribution < -0.4 is 11.1 Å². The van der Waals surface area contributed by atoms with E-state index in [2.05, 4.69) is 5.32 Å². The first-order valence-corrected chi connectivity index (χ1v) is 5.97. The molecule has 1 rings (SSSR count). The van der Waals surface area contributed by atoms with E-state index in [1.807, 2.05) is 6.92 Å². The average Bonchev–Trinajstić information content (AvgIpc) is 2.33. The lowest BCUT2D eigenvalue weighted by Gasteiger charge is -2.10. The number of amides is 1. The number of rotatable bonds is 5. The first-order valence-electron chi connectivity index (χ1n) is 5.97. The molecule has 0 saturated heterocycles. The van der Waals surface area contributed by atoms with Crippen LogP contribution >= 0.6 is 0 Å². The number of carbonyl (C=O) groups excluding carboxylic acids is 1.